The van der Waals surface area contributed by atoms with Gasteiger partial charge < -0.3 is 15.2 Å². The first-order valence-corrected chi connectivity index (χ1v) is 9.32. The van der Waals surface area contributed by atoms with Gasteiger partial charge in [0.1, 0.15) is 6.54 Å². The second kappa shape index (κ2) is 6.54. The summed E-state index contributed by atoms with van der Waals surface area (Å²) in [5.41, 5.74) is 6.88. The standard InChI is InChI=1S/C20H25N3O2/c21-20(25)16-12-22(18-9-4-3-8-15(16)18)13-19(24)23-11-5-10-17(23)14-6-1-2-7-14/h3-4,8-9,12,14,17H,1-2,5-7,10-11,13H2,(H2,21,25). The van der Waals surface area contributed by atoms with Crippen molar-refractivity contribution in [2.24, 2.45) is 11.7 Å². The molecule has 2 amide bonds. The number of carbonyl (C=O) groups is 2. The summed E-state index contributed by atoms with van der Waals surface area (Å²) in [6.07, 6.45) is 9.08. The molecule has 5 heteroatoms. The van der Waals surface area contributed by atoms with Gasteiger partial charge >= 0.3 is 0 Å². The van der Waals surface area contributed by atoms with Crippen molar-refractivity contribution in [3.63, 3.8) is 0 Å². The predicted molar refractivity (Wildman–Crippen MR) is 97.1 cm³/mol. The van der Waals surface area contributed by atoms with Crippen LogP contribution in [0.5, 0.6) is 0 Å². The van der Waals surface area contributed by atoms with Crippen molar-refractivity contribution in [1.29, 1.82) is 0 Å². The van der Waals surface area contributed by atoms with Crippen LogP contribution in [0.3, 0.4) is 0 Å². The lowest BCUT2D eigenvalue weighted by atomic mass is 9.96. The molecule has 1 aromatic heterocycles. The minimum absolute atomic E-state index is 0.158. The zero-order valence-electron chi connectivity index (χ0n) is 14.5. The highest BCUT2D eigenvalue weighted by Gasteiger charge is 2.35. The van der Waals surface area contributed by atoms with E-state index in [0.29, 0.717) is 17.5 Å². The van der Waals surface area contributed by atoms with Crippen molar-refractivity contribution in [2.75, 3.05) is 6.54 Å². The number of amides is 2. The van der Waals surface area contributed by atoms with Crippen molar-refractivity contribution in [3.8, 4) is 0 Å². The van der Waals surface area contributed by atoms with Crippen LogP contribution in [0.4, 0.5) is 0 Å². The summed E-state index contributed by atoms with van der Waals surface area (Å²) in [5.74, 6) is 0.382. The molecule has 5 nitrogen and oxygen atoms in total. The lowest BCUT2D eigenvalue weighted by Crippen LogP contribution is -2.41. The van der Waals surface area contributed by atoms with Crippen LogP contribution in [0.25, 0.3) is 10.9 Å². The maximum atomic E-state index is 13.0. The van der Waals surface area contributed by atoms with Gasteiger partial charge in [-0.25, -0.2) is 0 Å². The van der Waals surface area contributed by atoms with E-state index in [4.69, 9.17) is 5.73 Å². The monoisotopic (exact) mass is 339 g/mol. The molecule has 4 rings (SSSR count). The Bertz CT molecular complexity index is 804. The van der Waals surface area contributed by atoms with E-state index < -0.39 is 5.91 Å². The Kier molecular flexibility index (Phi) is 4.24. The Morgan fingerprint density at radius 3 is 2.60 bits per heavy atom. The lowest BCUT2D eigenvalue weighted by Gasteiger charge is -2.29. The van der Waals surface area contributed by atoms with E-state index in [2.05, 4.69) is 4.90 Å². The molecule has 1 saturated carbocycles. The summed E-state index contributed by atoms with van der Waals surface area (Å²) in [4.78, 5) is 26.8. The van der Waals surface area contributed by atoms with Crippen LogP contribution in [-0.4, -0.2) is 33.9 Å². The number of likely N-dealkylation sites (tertiary alicyclic amines) is 1. The summed E-state index contributed by atoms with van der Waals surface area (Å²) in [5, 5.41) is 0.816. The van der Waals surface area contributed by atoms with Gasteiger partial charge in [-0.3, -0.25) is 9.59 Å². The van der Waals surface area contributed by atoms with Gasteiger partial charge in [-0.15, -0.1) is 0 Å². The van der Waals surface area contributed by atoms with Crippen molar-refractivity contribution in [2.45, 2.75) is 51.1 Å². The fourth-order valence-electron chi connectivity index (χ4n) is 4.74. The zero-order chi connectivity index (χ0) is 17.4. The Labute approximate surface area is 147 Å². The van der Waals surface area contributed by atoms with E-state index >= 15 is 0 Å². The van der Waals surface area contributed by atoms with Gasteiger partial charge in [-0.05, 0) is 37.7 Å². The first-order valence-electron chi connectivity index (χ1n) is 9.32. The Morgan fingerprint density at radius 1 is 1.08 bits per heavy atom. The van der Waals surface area contributed by atoms with Crippen LogP contribution >= 0.6 is 0 Å². The Morgan fingerprint density at radius 2 is 1.84 bits per heavy atom. The van der Waals surface area contributed by atoms with Crippen LogP contribution in [0.15, 0.2) is 30.5 Å². The summed E-state index contributed by atoms with van der Waals surface area (Å²) in [6, 6.07) is 8.04. The second-order valence-corrected chi connectivity index (χ2v) is 7.39. The lowest BCUT2D eigenvalue weighted by molar-refractivity contribution is -0.133. The minimum atomic E-state index is -0.451. The number of carbonyl (C=O) groups excluding carboxylic acids is 2. The number of fused-ring (bicyclic) bond motifs is 1. The highest BCUT2D eigenvalue weighted by molar-refractivity contribution is 6.06. The molecule has 0 spiro atoms. The van der Waals surface area contributed by atoms with Crippen LogP contribution in [0.2, 0.25) is 0 Å². The van der Waals surface area contributed by atoms with Crippen molar-refractivity contribution >= 4 is 22.7 Å². The molecule has 0 bridgehead atoms. The number of aromatic nitrogens is 1. The van der Waals surface area contributed by atoms with Gasteiger partial charge in [0.2, 0.25) is 5.91 Å². The fraction of sp³-hybridized carbons (Fsp3) is 0.500. The van der Waals surface area contributed by atoms with Crippen LogP contribution < -0.4 is 5.73 Å². The van der Waals surface area contributed by atoms with Gasteiger partial charge in [-0.2, -0.15) is 0 Å². The second-order valence-electron chi connectivity index (χ2n) is 7.39. The van der Waals surface area contributed by atoms with E-state index in [-0.39, 0.29) is 12.5 Å². The molecule has 1 aliphatic heterocycles. The van der Waals surface area contributed by atoms with E-state index in [0.717, 1.165) is 30.3 Å². The van der Waals surface area contributed by atoms with Gasteiger partial charge in [-0.1, -0.05) is 31.0 Å². The Hall–Kier alpha value is -2.30. The first-order chi connectivity index (χ1) is 12.1. The molecule has 132 valence electrons. The van der Waals surface area contributed by atoms with Gasteiger partial charge in [0.05, 0.1) is 5.56 Å². The van der Waals surface area contributed by atoms with E-state index in [9.17, 15) is 9.59 Å². The Balaban J connectivity index is 1.58. The summed E-state index contributed by atoms with van der Waals surface area (Å²) in [7, 11) is 0. The molecule has 1 aromatic carbocycles. The molecule has 0 radical (unpaired) electrons. The molecule has 2 fully saturated rings. The molecule has 1 aliphatic carbocycles. The van der Waals surface area contributed by atoms with Crippen molar-refractivity contribution < 1.29 is 9.59 Å². The summed E-state index contributed by atoms with van der Waals surface area (Å²) in [6.45, 7) is 1.14. The van der Waals surface area contributed by atoms with Crippen molar-refractivity contribution in [1.82, 2.24) is 9.47 Å². The molecule has 25 heavy (non-hydrogen) atoms. The maximum Gasteiger partial charge on any atom is 0.250 e. The van der Waals surface area contributed by atoms with Gasteiger partial charge in [0.15, 0.2) is 0 Å². The van der Waals surface area contributed by atoms with E-state index in [1.165, 1.54) is 25.7 Å². The minimum Gasteiger partial charge on any atom is -0.366 e. The number of benzene rings is 1. The maximum absolute atomic E-state index is 13.0. The molecular formula is C20H25N3O2. The number of nitrogens with two attached hydrogens (primary N) is 1. The van der Waals surface area contributed by atoms with Gasteiger partial charge in [0.25, 0.3) is 5.91 Å². The molecule has 1 atom stereocenters. The van der Waals surface area contributed by atoms with Crippen LogP contribution in [0, 0.1) is 5.92 Å². The number of hydrogen-bond acceptors (Lipinski definition) is 2. The largest absolute Gasteiger partial charge is 0.366 e. The highest BCUT2D eigenvalue weighted by atomic mass is 16.2. The quantitative estimate of drug-likeness (QED) is 0.930. The molecular weight excluding hydrogens is 314 g/mol. The normalized spacial score (nSPS) is 21.3. The number of primary amides is 1. The van der Waals surface area contributed by atoms with Crippen molar-refractivity contribution in [3.05, 3.63) is 36.0 Å². The fourth-order valence-corrected chi connectivity index (χ4v) is 4.74. The number of para-hydroxylation sites is 1. The third kappa shape index (κ3) is 2.92. The number of hydrogen-bond donors (Lipinski definition) is 1. The summed E-state index contributed by atoms with van der Waals surface area (Å²) < 4.78 is 1.88. The molecule has 2 heterocycles. The first kappa shape index (κ1) is 16.2. The third-order valence-corrected chi connectivity index (χ3v) is 5.92. The molecule has 2 N–H and O–H groups in total. The third-order valence-electron chi connectivity index (χ3n) is 5.92. The highest BCUT2D eigenvalue weighted by Crippen LogP contribution is 2.35. The van der Waals surface area contributed by atoms with Crippen LogP contribution in [0.1, 0.15) is 48.9 Å². The van der Waals surface area contributed by atoms with Gasteiger partial charge in [0, 0.05) is 29.7 Å². The molecule has 2 aliphatic rings. The van der Waals surface area contributed by atoms with E-state index in [1.807, 2.05) is 28.8 Å². The topological polar surface area (TPSA) is 68.3 Å². The molecule has 1 unspecified atom stereocenters. The SMILES string of the molecule is NC(=O)c1cn(CC(=O)N2CCCC2C2CCCC2)c2ccccc12. The van der Waals surface area contributed by atoms with E-state index in [1.54, 1.807) is 6.20 Å². The number of rotatable bonds is 4. The molecule has 2 aromatic rings. The van der Waals surface area contributed by atoms with Crippen LogP contribution in [-0.2, 0) is 11.3 Å². The average molecular weight is 339 g/mol. The smallest absolute Gasteiger partial charge is 0.250 e. The zero-order valence-corrected chi connectivity index (χ0v) is 14.5. The predicted octanol–water partition coefficient (Wildman–Crippen LogP) is 2.92. The molecule has 1 saturated heterocycles. The average Bonchev–Trinajstić information content (AvgIpc) is 3.34. The summed E-state index contributed by atoms with van der Waals surface area (Å²) >= 11 is 0. The number of nitrogens with zero attached hydrogens (tertiary/aromatic N) is 2.